The fraction of sp³-hybridized carbons (Fsp3) is 0.333. The lowest BCUT2D eigenvalue weighted by atomic mass is 10.1. The molecule has 186 valence electrons. The van der Waals surface area contributed by atoms with E-state index in [4.69, 9.17) is 31.2 Å². The molecule has 0 spiro atoms. The molecule has 8 heteroatoms. The van der Waals surface area contributed by atoms with E-state index in [9.17, 15) is 4.79 Å². The van der Waals surface area contributed by atoms with Crippen molar-refractivity contribution >= 4 is 40.3 Å². The summed E-state index contributed by atoms with van der Waals surface area (Å²) in [5.41, 5.74) is 3.28. The van der Waals surface area contributed by atoms with Crippen molar-refractivity contribution in [3.63, 3.8) is 0 Å². The van der Waals surface area contributed by atoms with E-state index in [1.807, 2.05) is 49.4 Å². The summed E-state index contributed by atoms with van der Waals surface area (Å²) in [5, 5.41) is 0. The minimum absolute atomic E-state index is 0.114. The van der Waals surface area contributed by atoms with E-state index in [1.165, 1.54) is 27.8 Å². The van der Waals surface area contributed by atoms with Crippen LogP contribution in [0.3, 0.4) is 0 Å². The number of thioether (sulfide) groups is 1. The number of rotatable bonds is 13. The molecule has 6 nitrogen and oxygen atoms in total. The molecule has 1 aliphatic rings. The first-order valence-corrected chi connectivity index (χ1v) is 12.7. The number of thiocarbonyl (C=S) groups is 1. The third-order valence-electron chi connectivity index (χ3n) is 5.21. The van der Waals surface area contributed by atoms with E-state index in [0.29, 0.717) is 60.3 Å². The Balaban J connectivity index is 1.49. The summed E-state index contributed by atoms with van der Waals surface area (Å²) in [4.78, 5) is 14.7. The number of amides is 1. The van der Waals surface area contributed by atoms with Gasteiger partial charge < -0.3 is 18.9 Å². The Morgan fingerprint density at radius 2 is 1.74 bits per heavy atom. The third kappa shape index (κ3) is 7.59. The van der Waals surface area contributed by atoms with E-state index in [2.05, 4.69) is 20.4 Å². The average Bonchev–Trinajstić information content (AvgIpc) is 3.09. The standard InChI is InChI=1S/C27H31NO5S2/c1-5-11-28-26(29)25(35-27(28)34)18-21-8-10-23(24(17-21)31-6-2)33-15-13-30-12-14-32-22-9-7-19(3)20(4)16-22/h5,7-10,16-18H,1,6,11-15H2,2-4H3/b25-18+. The highest BCUT2D eigenvalue weighted by Gasteiger charge is 2.31. The van der Waals surface area contributed by atoms with Crippen molar-refractivity contribution in [1.29, 1.82) is 0 Å². The first kappa shape index (κ1) is 26.8. The number of benzene rings is 2. The number of ether oxygens (including phenoxy) is 4. The molecule has 2 aromatic carbocycles. The van der Waals surface area contributed by atoms with Gasteiger partial charge in [0.05, 0.1) is 24.7 Å². The molecule has 2 aromatic rings. The lowest BCUT2D eigenvalue weighted by Gasteiger charge is -2.13. The molecule has 0 bridgehead atoms. The second-order valence-electron chi connectivity index (χ2n) is 7.78. The number of aryl methyl sites for hydroxylation is 2. The van der Waals surface area contributed by atoms with Crippen molar-refractivity contribution in [3.05, 3.63) is 70.6 Å². The van der Waals surface area contributed by atoms with Crippen molar-refractivity contribution < 1.29 is 23.7 Å². The second kappa shape index (κ2) is 13.3. The normalized spacial score (nSPS) is 14.5. The van der Waals surface area contributed by atoms with Gasteiger partial charge in [-0.2, -0.15) is 0 Å². The molecule has 0 radical (unpaired) electrons. The summed E-state index contributed by atoms with van der Waals surface area (Å²) < 4.78 is 23.5. The average molecular weight is 514 g/mol. The van der Waals surface area contributed by atoms with Gasteiger partial charge >= 0.3 is 0 Å². The van der Waals surface area contributed by atoms with Gasteiger partial charge in [-0.25, -0.2) is 0 Å². The van der Waals surface area contributed by atoms with Crippen LogP contribution in [0.15, 0.2) is 54.0 Å². The smallest absolute Gasteiger partial charge is 0.266 e. The predicted octanol–water partition coefficient (Wildman–Crippen LogP) is 5.56. The van der Waals surface area contributed by atoms with E-state index in [0.717, 1.165) is 11.3 Å². The Kier molecular flexibility index (Phi) is 10.2. The van der Waals surface area contributed by atoms with Crippen molar-refractivity contribution in [3.8, 4) is 17.2 Å². The Hall–Kier alpha value is -2.81. The lowest BCUT2D eigenvalue weighted by molar-refractivity contribution is -0.121. The minimum atomic E-state index is -0.114. The molecule has 0 N–H and O–H groups in total. The van der Waals surface area contributed by atoms with Gasteiger partial charge in [0.2, 0.25) is 0 Å². The van der Waals surface area contributed by atoms with Crippen LogP contribution in [0.5, 0.6) is 17.2 Å². The van der Waals surface area contributed by atoms with Gasteiger partial charge in [-0.05, 0) is 67.8 Å². The van der Waals surface area contributed by atoms with Gasteiger partial charge in [-0.1, -0.05) is 42.2 Å². The Labute approximate surface area is 216 Å². The summed E-state index contributed by atoms with van der Waals surface area (Å²) in [7, 11) is 0. The zero-order chi connectivity index (χ0) is 25.2. The van der Waals surface area contributed by atoms with Gasteiger partial charge in [0, 0.05) is 6.54 Å². The number of nitrogens with zero attached hydrogens (tertiary/aromatic N) is 1. The number of carbonyl (C=O) groups excluding carboxylic acids is 1. The van der Waals surface area contributed by atoms with Gasteiger partial charge in [0.25, 0.3) is 5.91 Å². The molecule has 0 aliphatic carbocycles. The topological polar surface area (TPSA) is 57.2 Å². The lowest BCUT2D eigenvalue weighted by Crippen LogP contribution is -2.27. The summed E-state index contributed by atoms with van der Waals surface area (Å²) in [6.45, 7) is 12.4. The van der Waals surface area contributed by atoms with Gasteiger partial charge in [0.1, 0.15) is 23.3 Å². The summed E-state index contributed by atoms with van der Waals surface area (Å²) in [6.07, 6.45) is 3.47. The highest BCUT2D eigenvalue weighted by Crippen LogP contribution is 2.34. The largest absolute Gasteiger partial charge is 0.491 e. The zero-order valence-corrected chi connectivity index (χ0v) is 22.0. The van der Waals surface area contributed by atoms with Crippen molar-refractivity contribution in [2.45, 2.75) is 20.8 Å². The van der Waals surface area contributed by atoms with Crippen LogP contribution in [-0.2, 0) is 9.53 Å². The highest BCUT2D eigenvalue weighted by atomic mass is 32.2. The van der Waals surface area contributed by atoms with E-state index >= 15 is 0 Å². The highest BCUT2D eigenvalue weighted by molar-refractivity contribution is 8.26. The first-order valence-electron chi connectivity index (χ1n) is 11.5. The number of carbonyl (C=O) groups is 1. The Bertz CT molecular complexity index is 1100. The van der Waals surface area contributed by atoms with Gasteiger partial charge in [0.15, 0.2) is 11.5 Å². The van der Waals surface area contributed by atoms with Crippen LogP contribution in [-0.4, -0.2) is 54.7 Å². The summed E-state index contributed by atoms with van der Waals surface area (Å²) >= 11 is 6.59. The zero-order valence-electron chi connectivity index (χ0n) is 20.4. The number of hydrogen-bond acceptors (Lipinski definition) is 7. The van der Waals surface area contributed by atoms with Crippen LogP contribution in [0.1, 0.15) is 23.6 Å². The Morgan fingerprint density at radius 3 is 2.46 bits per heavy atom. The molecular formula is C27H31NO5S2. The third-order valence-corrected chi connectivity index (χ3v) is 6.59. The molecule has 1 saturated heterocycles. The van der Waals surface area contributed by atoms with Crippen LogP contribution >= 0.6 is 24.0 Å². The molecule has 0 unspecified atom stereocenters. The molecule has 1 heterocycles. The molecule has 1 aliphatic heterocycles. The summed E-state index contributed by atoms with van der Waals surface area (Å²) in [6, 6.07) is 11.6. The van der Waals surface area contributed by atoms with E-state index in [-0.39, 0.29) is 5.91 Å². The molecule has 0 atom stereocenters. The van der Waals surface area contributed by atoms with Crippen molar-refractivity contribution in [2.24, 2.45) is 0 Å². The van der Waals surface area contributed by atoms with E-state index in [1.54, 1.807) is 6.08 Å². The maximum atomic E-state index is 12.6. The second-order valence-corrected chi connectivity index (χ2v) is 9.45. The molecule has 0 aromatic heterocycles. The van der Waals surface area contributed by atoms with Crippen LogP contribution in [0.25, 0.3) is 6.08 Å². The molecule has 1 fully saturated rings. The molecular weight excluding hydrogens is 482 g/mol. The van der Waals surface area contributed by atoms with Gasteiger partial charge in [-0.3, -0.25) is 9.69 Å². The molecule has 0 saturated carbocycles. The van der Waals surface area contributed by atoms with E-state index < -0.39 is 0 Å². The van der Waals surface area contributed by atoms with Crippen molar-refractivity contribution in [1.82, 2.24) is 4.90 Å². The maximum Gasteiger partial charge on any atom is 0.266 e. The molecule has 1 amide bonds. The van der Waals surface area contributed by atoms with Crippen LogP contribution in [0.4, 0.5) is 0 Å². The quantitative estimate of drug-likeness (QED) is 0.150. The SMILES string of the molecule is C=CCN1C(=O)/C(=C\c2ccc(OCCOCCOc3ccc(C)c(C)c3)c(OCC)c2)SC1=S. The predicted molar refractivity (Wildman–Crippen MR) is 145 cm³/mol. The van der Waals surface area contributed by atoms with Gasteiger partial charge in [-0.15, -0.1) is 6.58 Å². The van der Waals surface area contributed by atoms with Crippen LogP contribution in [0, 0.1) is 13.8 Å². The fourth-order valence-corrected chi connectivity index (χ4v) is 4.55. The van der Waals surface area contributed by atoms with Crippen LogP contribution < -0.4 is 14.2 Å². The monoisotopic (exact) mass is 513 g/mol. The number of hydrogen-bond donors (Lipinski definition) is 0. The molecule has 3 rings (SSSR count). The minimum Gasteiger partial charge on any atom is -0.491 e. The summed E-state index contributed by atoms with van der Waals surface area (Å²) in [5.74, 6) is 1.97. The maximum absolute atomic E-state index is 12.6. The Morgan fingerprint density at radius 1 is 0.971 bits per heavy atom. The fourth-order valence-electron chi connectivity index (χ4n) is 3.27. The van der Waals surface area contributed by atoms with Crippen LogP contribution in [0.2, 0.25) is 0 Å². The first-order chi connectivity index (χ1) is 16.9. The van der Waals surface area contributed by atoms with Crippen molar-refractivity contribution in [2.75, 3.05) is 39.6 Å². The molecule has 35 heavy (non-hydrogen) atoms.